The highest BCUT2D eigenvalue weighted by molar-refractivity contribution is 8.14. The molecule has 0 radical (unpaired) electrons. The highest BCUT2D eigenvalue weighted by atomic mass is 32.2. The fourth-order valence-electron chi connectivity index (χ4n) is 1.79. The van der Waals surface area contributed by atoms with Crippen molar-refractivity contribution in [2.75, 3.05) is 11.4 Å². The Morgan fingerprint density at radius 3 is 3.00 bits per heavy atom. The Labute approximate surface area is 102 Å². The molecule has 1 aliphatic heterocycles. The summed E-state index contributed by atoms with van der Waals surface area (Å²) >= 11 is 1.15. The Morgan fingerprint density at radius 2 is 2.35 bits per heavy atom. The van der Waals surface area contributed by atoms with E-state index >= 15 is 0 Å². The van der Waals surface area contributed by atoms with Gasteiger partial charge in [-0.2, -0.15) is 0 Å². The highest BCUT2D eigenvalue weighted by Gasteiger charge is 2.32. The quantitative estimate of drug-likeness (QED) is 0.804. The fourth-order valence-corrected chi connectivity index (χ4v) is 2.71. The number of hydrogen-bond donors (Lipinski definition) is 0. The molecule has 1 saturated heterocycles. The minimum atomic E-state index is -0.474. The van der Waals surface area contributed by atoms with Gasteiger partial charge in [0, 0.05) is 31.2 Å². The Morgan fingerprint density at radius 1 is 1.59 bits per heavy atom. The Kier molecular flexibility index (Phi) is 3.42. The smallest absolute Gasteiger partial charge is 0.228 e. The second-order valence-corrected chi connectivity index (χ2v) is 5.28. The molecule has 2 heterocycles. The zero-order valence-electron chi connectivity index (χ0n) is 9.22. The summed E-state index contributed by atoms with van der Waals surface area (Å²) in [5.41, 5.74) is 0.446. The lowest BCUT2D eigenvalue weighted by atomic mass is 10.4. The third-order valence-corrected chi connectivity index (χ3v) is 3.41. The predicted molar refractivity (Wildman–Crippen MR) is 63.2 cm³/mol. The van der Waals surface area contributed by atoms with Crippen LogP contribution < -0.4 is 4.90 Å². The Bertz CT molecular complexity index is 467. The summed E-state index contributed by atoms with van der Waals surface area (Å²) in [6.07, 6.45) is 2.84. The third kappa shape index (κ3) is 2.82. The molecule has 0 aromatic carbocycles. The molecule has 1 amide bonds. The van der Waals surface area contributed by atoms with Gasteiger partial charge in [-0.15, -0.1) is 0 Å². The van der Waals surface area contributed by atoms with Crippen LogP contribution in [0.15, 0.2) is 18.5 Å². The van der Waals surface area contributed by atoms with Gasteiger partial charge < -0.3 is 4.90 Å². The van der Waals surface area contributed by atoms with E-state index in [1.807, 2.05) is 0 Å². The van der Waals surface area contributed by atoms with Crippen molar-refractivity contribution in [2.45, 2.75) is 18.6 Å². The largest absolute Gasteiger partial charge is 0.310 e. The van der Waals surface area contributed by atoms with Crippen LogP contribution in [0.25, 0.3) is 0 Å². The van der Waals surface area contributed by atoms with Gasteiger partial charge in [0.25, 0.3) is 0 Å². The summed E-state index contributed by atoms with van der Waals surface area (Å²) in [6.45, 7) is 1.90. The minimum absolute atomic E-state index is 0.0120. The highest BCUT2D eigenvalue weighted by Crippen LogP contribution is 2.28. The van der Waals surface area contributed by atoms with Crippen molar-refractivity contribution < 1.29 is 14.0 Å². The van der Waals surface area contributed by atoms with E-state index in [2.05, 4.69) is 4.98 Å². The molecule has 0 N–H and O–H groups in total. The first-order valence-corrected chi connectivity index (χ1v) is 6.02. The van der Waals surface area contributed by atoms with E-state index in [1.54, 1.807) is 0 Å². The normalized spacial score (nSPS) is 19.8. The van der Waals surface area contributed by atoms with Crippen LogP contribution in [0.2, 0.25) is 0 Å². The van der Waals surface area contributed by atoms with Gasteiger partial charge in [0.15, 0.2) is 5.12 Å². The molecule has 6 heteroatoms. The SMILES string of the molecule is CC(=O)SC1CC(=O)N(c2cncc(F)c2)C1. The van der Waals surface area contributed by atoms with E-state index in [1.165, 1.54) is 24.1 Å². The number of aromatic nitrogens is 1. The first-order valence-electron chi connectivity index (χ1n) is 5.14. The summed E-state index contributed by atoms with van der Waals surface area (Å²) in [7, 11) is 0. The number of anilines is 1. The molecule has 17 heavy (non-hydrogen) atoms. The molecule has 0 bridgehead atoms. The number of rotatable bonds is 2. The zero-order chi connectivity index (χ0) is 12.4. The molecule has 90 valence electrons. The molecule has 1 aromatic heterocycles. The van der Waals surface area contributed by atoms with Crippen LogP contribution in [0.5, 0.6) is 0 Å². The molecule has 4 nitrogen and oxygen atoms in total. The van der Waals surface area contributed by atoms with Crippen molar-refractivity contribution in [3.63, 3.8) is 0 Å². The fraction of sp³-hybridized carbons (Fsp3) is 0.364. The van der Waals surface area contributed by atoms with Gasteiger partial charge in [-0.3, -0.25) is 14.6 Å². The van der Waals surface area contributed by atoms with Crippen LogP contribution in [0, 0.1) is 5.82 Å². The van der Waals surface area contributed by atoms with Crippen LogP contribution in [-0.2, 0) is 9.59 Å². The lowest BCUT2D eigenvalue weighted by molar-refractivity contribution is -0.117. The maximum atomic E-state index is 13.0. The number of pyridine rings is 1. The van der Waals surface area contributed by atoms with Gasteiger partial charge in [-0.25, -0.2) is 4.39 Å². The maximum Gasteiger partial charge on any atom is 0.228 e. The van der Waals surface area contributed by atoms with E-state index in [4.69, 9.17) is 0 Å². The second-order valence-electron chi connectivity index (χ2n) is 3.80. The van der Waals surface area contributed by atoms with Gasteiger partial charge >= 0.3 is 0 Å². The van der Waals surface area contributed by atoms with Crippen molar-refractivity contribution in [2.24, 2.45) is 0 Å². The molecule has 0 spiro atoms. The summed E-state index contributed by atoms with van der Waals surface area (Å²) < 4.78 is 13.0. The number of carbonyl (C=O) groups is 2. The average molecular weight is 254 g/mol. The summed E-state index contributed by atoms with van der Waals surface area (Å²) in [5, 5.41) is -0.0646. The van der Waals surface area contributed by atoms with Crippen molar-refractivity contribution in [3.8, 4) is 0 Å². The van der Waals surface area contributed by atoms with Gasteiger partial charge in [-0.1, -0.05) is 11.8 Å². The number of halogens is 1. The number of carbonyl (C=O) groups excluding carboxylic acids is 2. The number of nitrogens with zero attached hydrogens (tertiary/aromatic N) is 2. The van der Waals surface area contributed by atoms with Gasteiger partial charge in [0.1, 0.15) is 5.82 Å². The number of thioether (sulfide) groups is 1. The molecular weight excluding hydrogens is 243 g/mol. The lowest BCUT2D eigenvalue weighted by Gasteiger charge is -2.15. The van der Waals surface area contributed by atoms with Crippen molar-refractivity contribution in [3.05, 3.63) is 24.3 Å². The third-order valence-electron chi connectivity index (χ3n) is 2.42. The van der Waals surface area contributed by atoms with Crippen LogP contribution in [0.3, 0.4) is 0 Å². The van der Waals surface area contributed by atoms with E-state index < -0.39 is 5.82 Å². The number of hydrogen-bond acceptors (Lipinski definition) is 4. The average Bonchev–Trinajstić information content (AvgIpc) is 2.58. The van der Waals surface area contributed by atoms with Crippen LogP contribution in [0.1, 0.15) is 13.3 Å². The summed E-state index contributed by atoms with van der Waals surface area (Å²) in [6, 6.07) is 1.27. The predicted octanol–water partition coefficient (Wildman–Crippen LogP) is 1.61. The van der Waals surface area contributed by atoms with Crippen LogP contribution in [0.4, 0.5) is 10.1 Å². The first kappa shape index (κ1) is 12.0. The molecule has 1 atom stereocenters. The Hall–Kier alpha value is -1.43. The zero-order valence-corrected chi connectivity index (χ0v) is 10.0. The summed E-state index contributed by atoms with van der Waals surface area (Å²) in [5.74, 6) is -0.575. The van der Waals surface area contributed by atoms with Gasteiger partial charge in [0.05, 0.1) is 18.1 Å². The topological polar surface area (TPSA) is 50.3 Å². The van der Waals surface area contributed by atoms with Gasteiger partial charge in [0.2, 0.25) is 5.91 Å². The molecule has 0 aliphatic carbocycles. The second kappa shape index (κ2) is 4.83. The summed E-state index contributed by atoms with van der Waals surface area (Å²) in [4.78, 5) is 27.9. The molecule has 1 unspecified atom stereocenters. The molecule has 1 aliphatic rings. The van der Waals surface area contributed by atoms with Crippen molar-refractivity contribution in [1.29, 1.82) is 0 Å². The molecular formula is C11H11FN2O2S. The standard InChI is InChI=1S/C11H11FN2O2S/c1-7(15)17-10-3-11(16)14(6-10)9-2-8(12)4-13-5-9/h2,4-5,10H,3,6H2,1H3. The molecule has 0 saturated carbocycles. The molecule has 1 aromatic rings. The van der Waals surface area contributed by atoms with E-state index in [0.717, 1.165) is 18.0 Å². The van der Waals surface area contributed by atoms with Crippen LogP contribution in [-0.4, -0.2) is 27.8 Å². The van der Waals surface area contributed by atoms with E-state index in [-0.39, 0.29) is 16.3 Å². The molecule has 1 fully saturated rings. The maximum absolute atomic E-state index is 13.0. The van der Waals surface area contributed by atoms with E-state index in [9.17, 15) is 14.0 Å². The first-order chi connectivity index (χ1) is 8.06. The monoisotopic (exact) mass is 254 g/mol. The lowest BCUT2D eigenvalue weighted by Crippen LogP contribution is -2.25. The molecule has 2 rings (SSSR count). The number of amides is 1. The minimum Gasteiger partial charge on any atom is -0.310 e. The Balaban J connectivity index is 2.13. The van der Waals surface area contributed by atoms with Crippen molar-refractivity contribution >= 4 is 28.5 Å². The van der Waals surface area contributed by atoms with E-state index in [0.29, 0.717) is 18.7 Å². The van der Waals surface area contributed by atoms with Crippen LogP contribution >= 0.6 is 11.8 Å². The van der Waals surface area contributed by atoms with Gasteiger partial charge in [-0.05, 0) is 0 Å². The van der Waals surface area contributed by atoms with Crippen molar-refractivity contribution in [1.82, 2.24) is 4.98 Å².